The maximum Gasteiger partial charge on any atom is 0.293 e. The van der Waals surface area contributed by atoms with Crippen molar-refractivity contribution in [2.75, 3.05) is 13.1 Å². The molecule has 2 aliphatic rings. The van der Waals surface area contributed by atoms with Crippen LogP contribution in [0.5, 0.6) is 0 Å². The summed E-state index contributed by atoms with van der Waals surface area (Å²) in [6.07, 6.45) is 4.84. The molecule has 1 N–H and O–H groups in total. The van der Waals surface area contributed by atoms with E-state index in [0.717, 1.165) is 38.3 Å². The Kier molecular flexibility index (Phi) is 6.89. The summed E-state index contributed by atoms with van der Waals surface area (Å²) in [5.74, 6) is -1.80. The van der Waals surface area contributed by atoms with E-state index >= 15 is 0 Å². The molecule has 2 aromatic carbocycles. The third-order valence-electron chi connectivity index (χ3n) is 6.19. The highest BCUT2D eigenvalue weighted by Gasteiger charge is 2.36. The number of aryl methyl sites for hydroxylation is 1. The van der Waals surface area contributed by atoms with E-state index in [1.54, 1.807) is 30.6 Å². The number of carbonyl (C=O) groups is 5. The minimum atomic E-state index is -0.484. The van der Waals surface area contributed by atoms with Gasteiger partial charge in [0.2, 0.25) is 0 Å². The Morgan fingerprint density at radius 3 is 2.34 bits per heavy atom. The SMILES string of the molecule is Cc1ccc(/C=C2/SC(=O)N(CCNC(=O)c3ccc4c(c3)C(=O)N(Cc3ccncc3)C4=O)C2=O)cc1. The molecule has 0 saturated carbocycles. The lowest BCUT2D eigenvalue weighted by molar-refractivity contribution is -0.122. The Bertz CT molecular complexity index is 1500. The van der Waals surface area contributed by atoms with Crippen LogP contribution in [0.4, 0.5) is 4.79 Å². The molecule has 5 rings (SSSR count). The van der Waals surface area contributed by atoms with E-state index in [-0.39, 0.29) is 36.3 Å². The molecule has 38 heavy (non-hydrogen) atoms. The number of pyridine rings is 1. The van der Waals surface area contributed by atoms with Crippen molar-refractivity contribution >= 4 is 46.7 Å². The highest BCUT2D eigenvalue weighted by atomic mass is 32.2. The molecular formula is C28H22N4O5S. The van der Waals surface area contributed by atoms with Crippen LogP contribution in [0.2, 0.25) is 0 Å². The highest BCUT2D eigenvalue weighted by molar-refractivity contribution is 8.18. The second kappa shape index (κ2) is 10.4. The average Bonchev–Trinajstić information content (AvgIpc) is 3.32. The molecule has 0 radical (unpaired) electrons. The van der Waals surface area contributed by atoms with E-state index in [2.05, 4.69) is 10.3 Å². The Morgan fingerprint density at radius 1 is 0.895 bits per heavy atom. The first-order chi connectivity index (χ1) is 18.3. The number of hydrogen-bond acceptors (Lipinski definition) is 7. The van der Waals surface area contributed by atoms with Gasteiger partial charge in [-0.15, -0.1) is 0 Å². The van der Waals surface area contributed by atoms with Gasteiger partial charge in [-0.05, 0) is 66.2 Å². The Labute approximate surface area is 222 Å². The van der Waals surface area contributed by atoms with Crippen LogP contribution in [0.3, 0.4) is 0 Å². The van der Waals surface area contributed by atoms with Crippen molar-refractivity contribution in [3.8, 4) is 0 Å². The van der Waals surface area contributed by atoms with Gasteiger partial charge in [-0.2, -0.15) is 0 Å². The van der Waals surface area contributed by atoms with E-state index < -0.39 is 28.9 Å². The van der Waals surface area contributed by atoms with Crippen molar-refractivity contribution in [1.82, 2.24) is 20.1 Å². The number of rotatable bonds is 7. The minimum absolute atomic E-state index is 0.00368. The molecule has 0 spiro atoms. The molecule has 2 aliphatic heterocycles. The van der Waals surface area contributed by atoms with Crippen LogP contribution in [0.1, 0.15) is 47.8 Å². The Morgan fingerprint density at radius 2 is 1.61 bits per heavy atom. The summed E-state index contributed by atoms with van der Waals surface area (Å²) in [7, 11) is 0. The van der Waals surface area contributed by atoms with Crippen molar-refractivity contribution in [1.29, 1.82) is 0 Å². The predicted octanol–water partition coefficient (Wildman–Crippen LogP) is 3.65. The number of benzene rings is 2. The Hall–Kier alpha value is -4.57. The van der Waals surface area contributed by atoms with E-state index in [0.29, 0.717) is 4.91 Å². The zero-order valence-electron chi connectivity index (χ0n) is 20.3. The summed E-state index contributed by atoms with van der Waals surface area (Å²) in [5, 5.41) is 2.27. The van der Waals surface area contributed by atoms with E-state index in [1.807, 2.05) is 31.2 Å². The zero-order chi connectivity index (χ0) is 26.8. The van der Waals surface area contributed by atoms with Crippen LogP contribution in [0.15, 0.2) is 71.9 Å². The number of hydrogen-bond donors (Lipinski definition) is 1. The lowest BCUT2D eigenvalue weighted by Crippen LogP contribution is -2.37. The van der Waals surface area contributed by atoms with Gasteiger partial charge in [-0.1, -0.05) is 29.8 Å². The van der Waals surface area contributed by atoms with Crippen molar-refractivity contribution in [3.05, 3.63) is 105 Å². The molecular weight excluding hydrogens is 504 g/mol. The summed E-state index contributed by atoms with van der Waals surface area (Å²) >= 11 is 0.859. The van der Waals surface area contributed by atoms with E-state index in [9.17, 15) is 24.0 Å². The maximum absolute atomic E-state index is 12.9. The fourth-order valence-electron chi connectivity index (χ4n) is 4.14. The number of imide groups is 2. The second-order valence-corrected chi connectivity index (χ2v) is 9.81. The third kappa shape index (κ3) is 4.98. The molecule has 1 fully saturated rings. The van der Waals surface area contributed by atoms with Crippen LogP contribution < -0.4 is 5.32 Å². The van der Waals surface area contributed by atoms with Gasteiger partial charge >= 0.3 is 0 Å². The average molecular weight is 527 g/mol. The number of aromatic nitrogens is 1. The molecule has 9 nitrogen and oxygen atoms in total. The van der Waals surface area contributed by atoms with Gasteiger partial charge in [-0.3, -0.25) is 38.8 Å². The molecule has 190 valence electrons. The molecule has 1 aromatic heterocycles. The van der Waals surface area contributed by atoms with E-state index in [4.69, 9.17) is 0 Å². The lowest BCUT2D eigenvalue weighted by Gasteiger charge is -2.13. The second-order valence-electron chi connectivity index (χ2n) is 8.81. The van der Waals surface area contributed by atoms with Crippen molar-refractivity contribution in [2.24, 2.45) is 0 Å². The van der Waals surface area contributed by atoms with Crippen molar-refractivity contribution in [2.45, 2.75) is 13.5 Å². The third-order valence-corrected chi connectivity index (χ3v) is 7.10. The van der Waals surface area contributed by atoms with Gasteiger partial charge in [-0.25, -0.2) is 0 Å². The summed E-state index contributed by atoms with van der Waals surface area (Å²) in [5.41, 5.74) is 3.26. The highest BCUT2D eigenvalue weighted by Crippen LogP contribution is 2.32. The number of thioether (sulfide) groups is 1. The molecule has 0 bridgehead atoms. The molecule has 3 aromatic rings. The standard InChI is InChI=1S/C28H22N4O5S/c1-17-2-4-18(5-3-17)14-23-27(36)31(28(37)38-23)13-12-30-24(33)20-6-7-21-22(15-20)26(35)32(25(21)34)16-19-8-10-29-11-9-19/h2-11,14-15H,12-13,16H2,1H3,(H,30,33)/b23-14+. The summed E-state index contributed by atoms with van der Waals surface area (Å²) in [6, 6.07) is 15.4. The fourth-order valence-corrected chi connectivity index (χ4v) is 5.00. The van der Waals surface area contributed by atoms with Crippen LogP contribution >= 0.6 is 11.8 Å². The van der Waals surface area contributed by atoms with Crippen LogP contribution in [0.25, 0.3) is 6.08 Å². The number of carbonyl (C=O) groups excluding carboxylic acids is 5. The van der Waals surface area contributed by atoms with Gasteiger partial charge in [0.05, 0.1) is 22.6 Å². The summed E-state index contributed by atoms with van der Waals surface area (Å²) in [6.45, 7) is 2.11. The number of nitrogens with zero attached hydrogens (tertiary/aromatic N) is 3. The van der Waals surface area contributed by atoms with Gasteiger partial charge in [0, 0.05) is 31.0 Å². The first kappa shape index (κ1) is 25.1. The molecule has 5 amide bonds. The number of amides is 5. The van der Waals surface area contributed by atoms with Crippen molar-refractivity contribution < 1.29 is 24.0 Å². The topological polar surface area (TPSA) is 117 Å². The van der Waals surface area contributed by atoms with Crippen LogP contribution in [0, 0.1) is 6.92 Å². The predicted molar refractivity (Wildman–Crippen MR) is 141 cm³/mol. The van der Waals surface area contributed by atoms with Gasteiger partial charge in [0.15, 0.2) is 0 Å². The minimum Gasteiger partial charge on any atom is -0.350 e. The maximum atomic E-state index is 12.9. The van der Waals surface area contributed by atoms with Crippen LogP contribution in [-0.2, 0) is 11.3 Å². The quantitative estimate of drug-likeness (QED) is 0.369. The fraction of sp³-hybridized carbons (Fsp3) is 0.143. The van der Waals surface area contributed by atoms with Crippen LogP contribution in [-0.4, -0.2) is 56.7 Å². The summed E-state index contributed by atoms with van der Waals surface area (Å²) in [4.78, 5) is 69.9. The normalized spacial score (nSPS) is 16.0. The first-order valence-corrected chi connectivity index (χ1v) is 12.6. The largest absolute Gasteiger partial charge is 0.350 e. The molecule has 0 unspecified atom stereocenters. The zero-order valence-corrected chi connectivity index (χ0v) is 21.2. The first-order valence-electron chi connectivity index (χ1n) is 11.8. The van der Waals surface area contributed by atoms with Gasteiger partial charge in [0.25, 0.3) is 28.9 Å². The smallest absolute Gasteiger partial charge is 0.293 e. The molecule has 0 aliphatic carbocycles. The molecule has 0 atom stereocenters. The van der Waals surface area contributed by atoms with Gasteiger partial charge < -0.3 is 5.32 Å². The summed E-state index contributed by atoms with van der Waals surface area (Å²) < 4.78 is 0. The van der Waals surface area contributed by atoms with E-state index in [1.165, 1.54) is 18.2 Å². The Balaban J connectivity index is 1.20. The molecule has 1 saturated heterocycles. The lowest BCUT2D eigenvalue weighted by atomic mass is 10.1. The van der Waals surface area contributed by atoms with Crippen molar-refractivity contribution in [3.63, 3.8) is 0 Å². The number of nitrogens with one attached hydrogen (secondary N) is 1. The monoisotopic (exact) mass is 526 g/mol. The van der Waals surface area contributed by atoms with Gasteiger partial charge in [0.1, 0.15) is 0 Å². The molecule has 3 heterocycles. The molecule has 10 heteroatoms. The number of fused-ring (bicyclic) bond motifs is 1.